The fourth-order valence-electron chi connectivity index (χ4n) is 3.43. The lowest BCUT2D eigenvalue weighted by Crippen LogP contribution is -2.35. The van der Waals surface area contributed by atoms with Crippen molar-refractivity contribution in [1.82, 2.24) is 5.32 Å². The predicted octanol–water partition coefficient (Wildman–Crippen LogP) is 5.47. The second kappa shape index (κ2) is 7.13. The lowest BCUT2D eigenvalue weighted by atomic mass is 9.94. The smallest absolute Gasteiger partial charge is 0.134 e. The molecule has 0 bridgehead atoms. The minimum Gasteiger partial charge on any atom is -0.459 e. The number of nitrogens with one attached hydrogen (secondary N) is 1. The molecule has 0 aliphatic carbocycles. The molecule has 2 unspecified atom stereocenters. The molecule has 2 heteroatoms. The van der Waals surface area contributed by atoms with E-state index < -0.39 is 0 Å². The Bertz CT molecular complexity index is 568. The molecule has 0 aliphatic rings. The van der Waals surface area contributed by atoms with Crippen molar-refractivity contribution in [3.8, 4) is 0 Å². The summed E-state index contributed by atoms with van der Waals surface area (Å²) in [6, 6.07) is 9.12. The van der Waals surface area contributed by atoms with E-state index in [2.05, 4.69) is 58.1 Å². The van der Waals surface area contributed by atoms with E-state index in [1.165, 1.54) is 23.8 Å². The van der Waals surface area contributed by atoms with Gasteiger partial charge in [-0.1, -0.05) is 51.8 Å². The van der Waals surface area contributed by atoms with Gasteiger partial charge in [-0.3, -0.25) is 0 Å². The fraction of sp³-hybridized carbons (Fsp3) is 0.579. The van der Waals surface area contributed by atoms with E-state index in [9.17, 15) is 0 Å². The van der Waals surface area contributed by atoms with Gasteiger partial charge in [0.15, 0.2) is 0 Å². The number of aryl methyl sites for hydroxylation is 1. The minimum atomic E-state index is 0.253. The van der Waals surface area contributed by atoms with E-state index in [1.807, 2.05) is 6.07 Å². The zero-order valence-corrected chi connectivity index (χ0v) is 14.1. The second-order valence-electron chi connectivity index (χ2n) is 6.05. The summed E-state index contributed by atoms with van der Waals surface area (Å²) in [6.45, 7) is 11.3. The van der Waals surface area contributed by atoms with Crippen molar-refractivity contribution >= 4 is 11.0 Å². The van der Waals surface area contributed by atoms with Gasteiger partial charge in [-0.25, -0.2) is 0 Å². The van der Waals surface area contributed by atoms with Crippen LogP contribution in [0, 0.1) is 5.92 Å². The third kappa shape index (κ3) is 3.32. The van der Waals surface area contributed by atoms with Crippen molar-refractivity contribution in [3.63, 3.8) is 0 Å². The normalized spacial score (nSPS) is 14.8. The van der Waals surface area contributed by atoms with Crippen LogP contribution in [0.5, 0.6) is 0 Å². The van der Waals surface area contributed by atoms with E-state index in [4.69, 9.17) is 4.42 Å². The molecular weight excluding hydrogens is 258 g/mol. The maximum absolute atomic E-state index is 6.14. The van der Waals surface area contributed by atoms with E-state index >= 15 is 0 Å². The molecule has 1 aromatic carbocycles. The van der Waals surface area contributed by atoms with Gasteiger partial charge in [-0.15, -0.1) is 0 Å². The molecule has 1 N–H and O–H groups in total. The molecule has 0 aliphatic heterocycles. The minimum absolute atomic E-state index is 0.253. The summed E-state index contributed by atoms with van der Waals surface area (Å²) in [7, 11) is 0. The van der Waals surface area contributed by atoms with Gasteiger partial charge in [0, 0.05) is 17.0 Å². The van der Waals surface area contributed by atoms with Crippen LogP contribution in [-0.4, -0.2) is 6.04 Å². The highest BCUT2D eigenvalue weighted by atomic mass is 16.3. The van der Waals surface area contributed by atoms with Crippen molar-refractivity contribution in [2.45, 2.75) is 66.0 Å². The first-order valence-electron chi connectivity index (χ1n) is 8.38. The van der Waals surface area contributed by atoms with E-state index in [0.717, 1.165) is 23.7 Å². The number of rotatable bonds is 7. The van der Waals surface area contributed by atoms with E-state index in [0.29, 0.717) is 6.04 Å². The molecule has 0 amide bonds. The fourth-order valence-corrected chi connectivity index (χ4v) is 3.43. The average molecular weight is 287 g/mol. The van der Waals surface area contributed by atoms with E-state index in [1.54, 1.807) is 0 Å². The summed E-state index contributed by atoms with van der Waals surface area (Å²) in [4.78, 5) is 0. The zero-order chi connectivity index (χ0) is 15.4. The molecule has 0 fully saturated rings. The van der Waals surface area contributed by atoms with Crippen LogP contribution in [0.2, 0.25) is 0 Å². The third-order valence-corrected chi connectivity index (χ3v) is 4.75. The summed E-state index contributed by atoms with van der Waals surface area (Å²) >= 11 is 0. The predicted molar refractivity (Wildman–Crippen MR) is 90.7 cm³/mol. The summed E-state index contributed by atoms with van der Waals surface area (Å²) in [5, 5.41) is 5.00. The van der Waals surface area contributed by atoms with Gasteiger partial charge in [-0.2, -0.15) is 0 Å². The monoisotopic (exact) mass is 287 g/mol. The van der Waals surface area contributed by atoms with Gasteiger partial charge in [0.25, 0.3) is 0 Å². The van der Waals surface area contributed by atoms with Crippen LogP contribution in [0.4, 0.5) is 0 Å². The molecule has 1 aromatic heterocycles. The summed E-state index contributed by atoms with van der Waals surface area (Å²) < 4.78 is 6.14. The summed E-state index contributed by atoms with van der Waals surface area (Å²) in [6.07, 6.45) is 3.45. The Hall–Kier alpha value is -1.28. The lowest BCUT2D eigenvalue weighted by Gasteiger charge is -2.26. The standard InChI is InChI=1S/C19H29NO/c1-6-15(7-2)13(4)20-14(5)19-16(8-3)17-11-9-10-12-18(17)21-19/h9-15,20H,6-8H2,1-5H3. The lowest BCUT2D eigenvalue weighted by molar-refractivity contribution is 0.312. The highest BCUT2D eigenvalue weighted by Crippen LogP contribution is 2.31. The number of hydrogen-bond donors (Lipinski definition) is 1. The molecule has 0 spiro atoms. The first-order chi connectivity index (χ1) is 10.1. The van der Waals surface area contributed by atoms with Gasteiger partial charge in [-0.05, 0) is 32.3 Å². The Morgan fingerprint density at radius 2 is 1.71 bits per heavy atom. The van der Waals surface area contributed by atoms with Gasteiger partial charge in [0.2, 0.25) is 0 Å². The molecule has 116 valence electrons. The summed E-state index contributed by atoms with van der Waals surface area (Å²) in [5.41, 5.74) is 2.36. The van der Waals surface area contributed by atoms with Crippen molar-refractivity contribution in [2.24, 2.45) is 5.92 Å². The molecule has 0 saturated heterocycles. The van der Waals surface area contributed by atoms with Crippen molar-refractivity contribution < 1.29 is 4.42 Å². The third-order valence-electron chi connectivity index (χ3n) is 4.75. The van der Waals surface area contributed by atoms with Crippen LogP contribution < -0.4 is 5.32 Å². The molecule has 2 aromatic rings. The molecule has 2 atom stereocenters. The number of benzene rings is 1. The number of hydrogen-bond acceptors (Lipinski definition) is 2. The Labute approximate surface area is 128 Å². The zero-order valence-electron chi connectivity index (χ0n) is 14.1. The molecule has 2 nitrogen and oxygen atoms in total. The SMILES string of the molecule is CCc1c(C(C)NC(C)C(CC)CC)oc2ccccc12. The van der Waals surface area contributed by atoms with Crippen molar-refractivity contribution in [3.05, 3.63) is 35.6 Å². The molecule has 1 heterocycles. The van der Waals surface area contributed by atoms with Crippen LogP contribution in [-0.2, 0) is 6.42 Å². The first-order valence-corrected chi connectivity index (χ1v) is 8.38. The van der Waals surface area contributed by atoms with Crippen molar-refractivity contribution in [1.29, 1.82) is 0 Å². The Morgan fingerprint density at radius 3 is 2.33 bits per heavy atom. The Morgan fingerprint density at radius 1 is 1.05 bits per heavy atom. The largest absolute Gasteiger partial charge is 0.459 e. The number of fused-ring (bicyclic) bond motifs is 1. The molecule has 0 radical (unpaired) electrons. The average Bonchev–Trinajstić information content (AvgIpc) is 2.87. The van der Waals surface area contributed by atoms with Gasteiger partial charge in [0.05, 0.1) is 6.04 Å². The first kappa shape index (κ1) is 16.1. The molecule has 2 rings (SSSR count). The van der Waals surface area contributed by atoms with Gasteiger partial charge in [0.1, 0.15) is 11.3 Å². The van der Waals surface area contributed by atoms with E-state index in [-0.39, 0.29) is 6.04 Å². The molecular formula is C19H29NO. The van der Waals surface area contributed by atoms with Crippen LogP contribution in [0.25, 0.3) is 11.0 Å². The van der Waals surface area contributed by atoms with Crippen LogP contribution in [0.15, 0.2) is 28.7 Å². The highest BCUT2D eigenvalue weighted by Gasteiger charge is 2.21. The van der Waals surface area contributed by atoms with Gasteiger partial charge < -0.3 is 9.73 Å². The second-order valence-corrected chi connectivity index (χ2v) is 6.05. The Balaban J connectivity index is 2.24. The van der Waals surface area contributed by atoms with Crippen LogP contribution in [0.1, 0.15) is 64.8 Å². The maximum atomic E-state index is 6.14. The molecule has 21 heavy (non-hydrogen) atoms. The Kier molecular flexibility index (Phi) is 5.46. The van der Waals surface area contributed by atoms with Crippen LogP contribution in [0.3, 0.4) is 0 Å². The summed E-state index contributed by atoms with van der Waals surface area (Å²) in [5.74, 6) is 1.83. The quantitative estimate of drug-likeness (QED) is 0.730. The van der Waals surface area contributed by atoms with Crippen molar-refractivity contribution in [2.75, 3.05) is 0 Å². The molecule has 0 saturated carbocycles. The number of furan rings is 1. The van der Waals surface area contributed by atoms with Crippen LogP contribution >= 0.6 is 0 Å². The topological polar surface area (TPSA) is 25.2 Å². The maximum Gasteiger partial charge on any atom is 0.134 e. The highest BCUT2D eigenvalue weighted by molar-refractivity contribution is 5.82. The van der Waals surface area contributed by atoms with Gasteiger partial charge >= 0.3 is 0 Å². The number of para-hydroxylation sites is 1.